The molecule has 0 aromatic carbocycles. The van der Waals surface area contributed by atoms with Crippen molar-refractivity contribution in [3.8, 4) is 0 Å². The molecule has 0 saturated carbocycles. The minimum Gasteiger partial charge on any atom is -0.376 e. The van der Waals surface area contributed by atoms with E-state index in [1.54, 1.807) is 6.20 Å². The fourth-order valence-corrected chi connectivity index (χ4v) is 1.45. The van der Waals surface area contributed by atoms with E-state index in [0.29, 0.717) is 19.8 Å². The van der Waals surface area contributed by atoms with Gasteiger partial charge in [0.2, 0.25) is 0 Å². The van der Waals surface area contributed by atoms with E-state index in [-0.39, 0.29) is 6.10 Å². The summed E-state index contributed by atoms with van der Waals surface area (Å²) in [5.41, 5.74) is 1.13. The van der Waals surface area contributed by atoms with Gasteiger partial charge in [0.25, 0.3) is 0 Å². The molecule has 1 aromatic rings. The van der Waals surface area contributed by atoms with E-state index in [4.69, 9.17) is 9.47 Å². The van der Waals surface area contributed by atoms with Crippen LogP contribution in [0.1, 0.15) is 32.8 Å². The van der Waals surface area contributed by atoms with Crippen molar-refractivity contribution in [3.05, 3.63) is 23.9 Å². The monoisotopic (exact) mass is 252 g/mol. The lowest BCUT2D eigenvalue weighted by Gasteiger charge is -2.09. The molecule has 0 aliphatic carbocycles. The Labute approximate surface area is 110 Å². The second-order valence-electron chi connectivity index (χ2n) is 4.45. The highest BCUT2D eigenvalue weighted by molar-refractivity contribution is 5.37. The topological polar surface area (TPSA) is 43.4 Å². The van der Waals surface area contributed by atoms with Gasteiger partial charge >= 0.3 is 0 Å². The van der Waals surface area contributed by atoms with Gasteiger partial charge in [0.15, 0.2) is 0 Å². The SMILES string of the molecule is CCCNc1cc(COCCOC(C)C)ccn1. The summed E-state index contributed by atoms with van der Waals surface area (Å²) in [6.07, 6.45) is 3.16. The second kappa shape index (κ2) is 8.89. The molecular weight excluding hydrogens is 228 g/mol. The standard InChI is InChI=1S/C14H24N2O2/c1-4-6-15-14-10-13(5-7-16-14)11-17-8-9-18-12(2)3/h5,7,10,12H,4,6,8-9,11H2,1-3H3,(H,15,16). The van der Waals surface area contributed by atoms with Crippen LogP contribution in [0.5, 0.6) is 0 Å². The molecule has 0 unspecified atom stereocenters. The highest BCUT2D eigenvalue weighted by atomic mass is 16.5. The molecular formula is C14H24N2O2. The smallest absolute Gasteiger partial charge is 0.126 e. The molecule has 1 N–H and O–H groups in total. The first-order valence-electron chi connectivity index (χ1n) is 6.60. The van der Waals surface area contributed by atoms with Crippen LogP contribution >= 0.6 is 0 Å². The average molecular weight is 252 g/mol. The molecule has 1 heterocycles. The van der Waals surface area contributed by atoms with Crippen molar-refractivity contribution in [2.24, 2.45) is 0 Å². The number of rotatable bonds is 9. The van der Waals surface area contributed by atoms with Crippen molar-refractivity contribution >= 4 is 5.82 Å². The summed E-state index contributed by atoms with van der Waals surface area (Å²) in [4.78, 5) is 4.25. The largest absolute Gasteiger partial charge is 0.376 e. The molecule has 0 atom stereocenters. The van der Waals surface area contributed by atoms with Crippen molar-refractivity contribution in [1.29, 1.82) is 0 Å². The maximum absolute atomic E-state index is 5.55. The molecule has 102 valence electrons. The lowest BCUT2D eigenvalue weighted by molar-refractivity contribution is 0.0143. The summed E-state index contributed by atoms with van der Waals surface area (Å²) in [5, 5.41) is 3.26. The highest BCUT2D eigenvalue weighted by Gasteiger charge is 1.98. The van der Waals surface area contributed by atoms with Crippen LogP contribution in [0.2, 0.25) is 0 Å². The predicted molar refractivity (Wildman–Crippen MR) is 73.8 cm³/mol. The van der Waals surface area contributed by atoms with Gasteiger partial charge in [-0.3, -0.25) is 0 Å². The Kier molecular flexibility index (Phi) is 7.37. The number of hydrogen-bond acceptors (Lipinski definition) is 4. The number of aromatic nitrogens is 1. The molecule has 18 heavy (non-hydrogen) atoms. The zero-order valence-electron chi connectivity index (χ0n) is 11.6. The zero-order chi connectivity index (χ0) is 13.2. The van der Waals surface area contributed by atoms with Crippen molar-refractivity contribution in [3.63, 3.8) is 0 Å². The van der Waals surface area contributed by atoms with Crippen LogP contribution in [0.3, 0.4) is 0 Å². The van der Waals surface area contributed by atoms with Gasteiger partial charge in [-0.25, -0.2) is 4.98 Å². The molecule has 1 rings (SSSR count). The van der Waals surface area contributed by atoms with Gasteiger partial charge in [-0.2, -0.15) is 0 Å². The zero-order valence-corrected chi connectivity index (χ0v) is 11.6. The molecule has 0 saturated heterocycles. The Bertz CT molecular complexity index is 329. The number of hydrogen-bond donors (Lipinski definition) is 1. The molecule has 0 aliphatic heterocycles. The van der Waals surface area contributed by atoms with Gasteiger partial charge in [-0.05, 0) is 38.0 Å². The lowest BCUT2D eigenvalue weighted by Crippen LogP contribution is -2.09. The van der Waals surface area contributed by atoms with E-state index in [1.807, 2.05) is 26.0 Å². The molecule has 1 aromatic heterocycles. The number of ether oxygens (including phenoxy) is 2. The van der Waals surface area contributed by atoms with Crippen LogP contribution in [0.25, 0.3) is 0 Å². The minimum atomic E-state index is 0.263. The average Bonchev–Trinajstić information content (AvgIpc) is 2.36. The summed E-state index contributed by atoms with van der Waals surface area (Å²) >= 11 is 0. The van der Waals surface area contributed by atoms with Crippen LogP contribution < -0.4 is 5.32 Å². The van der Waals surface area contributed by atoms with Gasteiger partial charge in [0.05, 0.1) is 25.9 Å². The summed E-state index contributed by atoms with van der Waals surface area (Å²) in [5.74, 6) is 0.913. The van der Waals surface area contributed by atoms with Gasteiger partial charge in [0, 0.05) is 12.7 Å². The number of nitrogens with zero attached hydrogens (tertiary/aromatic N) is 1. The molecule has 0 amide bonds. The van der Waals surface area contributed by atoms with Gasteiger partial charge < -0.3 is 14.8 Å². The number of anilines is 1. The van der Waals surface area contributed by atoms with Crippen LogP contribution in [0.15, 0.2) is 18.3 Å². The normalized spacial score (nSPS) is 10.9. The molecule has 0 bridgehead atoms. The van der Waals surface area contributed by atoms with E-state index in [0.717, 1.165) is 24.3 Å². The molecule has 0 aliphatic rings. The van der Waals surface area contributed by atoms with E-state index >= 15 is 0 Å². The second-order valence-corrected chi connectivity index (χ2v) is 4.45. The number of nitrogens with one attached hydrogen (secondary N) is 1. The third kappa shape index (κ3) is 6.57. The van der Waals surface area contributed by atoms with E-state index in [9.17, 15) is 0 Å². The molecule has 0 fully saturated rings. The highest BCUT2D eigenvalue weighted by Crippen LogP contribution is 2.08. The van der Waals surface area contributed by atoms with Gasteiger partial charge in [-0.15, -0.1) is 0 Å². The first-order valence-corrected chi connectivity index (χ1v) is 6.60. The quantitative estimate of drug-likeness (QED) is 0.686. The van der Waals surface area contributed by atoms with Crippen molar-refractivity contribution in [1.82, 2.24) is 4.98 Å². The lowest BCUT2D eigenvalue weighted by atomic mass is 10.3. The molecule has 0 radical (unpaired) electrons. The number of pyridine rings is 1. The first kappa shape index (κ1) is 14.9. The molecule has 4 nitrogen and oxygen atoms in total. The van der Waals surface area contributed by atoms with Crippen molar-refractivity contribution in [2.45, 2.75) is 39.9 Å². The summed E-state index contributed by atoms with van der Waals surface area (Å²) in [6.45, 7) is 8.99. The summed E-state index contributed by atoms with van der Waals surface area (Å²) in [6, 6.07) is 4.00. The van der Waals surface area contributed by atoms with E-state index in [1.165, 1.54) is 0 Å². The van der Waals surface area contributed by atoms with Crippen LogP contribution in [-0.2, 0) is 16.1 Å². The van der Waals surface area contributed by atoms with Gasteiger partial charge in [-0.1, -0.05) is 6.92 Å². The summed E-state index contributed by atoms with van der Waals surface area (Å²) < 4.78 is 11.0. The Morgan fingerprint density at radius 3 is 2.89 bits per heavy atom. The van der Waals surface area contributed by atoms with Crippen LogP contribution in [-0.4, -0.2) is 30.8 Å². The maximum atomic E-state index is 5.55. The fraction of sp³-hybridized carbons (Fsp3) is 0.643. The third-order valence-electron chi connectivity index (χ3n) is 2.33. The molecule has 0 spiro atoms. The van der Waals surface area contributed by atoms with Crippen molar-refractivity contribution < 1.29 is 9.47 Å². The Hall–Kier alpha value is -1.13. The first-order chi connectivity index (χ1) is 8.72. The van der Waals surface area contributed by atoms with E-state index < -0.39 is 0 Å². The summed E-state index contributed by atoms with van der Waals surface area (Å²) in [7, 11) is 0. The van der Waals surface area contributed by atoms with Crippen LogP contribution in [0.4, 0.5) is 5.82 Å². The molecule has 4 heteroatoms. The third-order valence-corrected chi connectivity index (χ3v) is 2.33. The minimum absolute atomic E-state index is 0.263. The van der Waals surface area contributed by atoms with Crippen LogP contribution in [0, 0.1) is 0 Å². The fourth-order valence-electron chi connectivity index (χ4n) is 1.45. The van der Waals surface area contributed by atoms with Gasteiger partial charge in [0.1, 0.15) is 5.82 Å². The Balaban J connectivity index is 2.24. The Morgan fingerprint density at radius 1 is 1.33 bits per heavy atom. The van der Waals surface area contributed by atoms with Crippen molar-refractivity contribution in [2.75, 3.05) is 25.1 Å². The van der Waals surface area contributed by atoms with E-state index in [2.05, 4.69) is 17.2 Å². The maximum Gasteiger partial charge on any atom is 0.126 e. The predicted octanol–water partition coefficient (Wildman–Crippen LogP) is 2.85. The Morgan fingerprint density at radius 2 is 2.17 bits per heavy atom.